The average molecular weight is 362 g/mol. The van der Waals surface area contributed by atoms with Gasteiger partial charge in [0.25, 0.3) is 15.9 Å². The number of hydrogen-bond donors (Lipinski definition) is 2. The fraction of sp³-hybridized carbons (Fsp3) is 0.500. The van der Waals surface area contributed by atoms with Gasteiger partial charge in [-0.1, -0.05) is 16.5 Å². The van der Waals surface area contributed by atoms with Crippen molar-refractivity contribution in [1.82, 2.24) is 14.7 Å². The Morgan fingerprint density at radius 2 is 1.87 bits per heavy atom. The molecule has 7 nitrogen and oxygen atoms in total. The number of rotatable bonds is 4. The Balaban J connectivity index is 2.20. The maximum absolute atomic E-state index is 12.5. The molecule has 1 aromatic carbocycles. The first-order chi connectivity index (χ1) is 10.8. The molecule has 0 aliphatic carbocycles. The summed E-state index contributed by atoms with van der Waals surface area (Å²) in [5.41, 5.74) is 0.223. The monoisotopic (exact) mass is 361 g/mol. The van der Waals surface area contributed by atoms with Gasteiger partial charge in [-0.15, -0.1) is 0 Å². The Morgan fingerprint density at radius 1 is 1.26 bits per heavy atom. The molecule has 0 saturated carbocycles. The molecule has 128 valence electrons. The quantitative estimate of drug-likeness (QED) is 0.786. The highest BCUT2D eigenvalue weighted by molar-refractivity contribution is 7.89. The van der Waals surface area contributed by atoms with E-state index < -0.39 is 10.0 Å². The molecule has 1 amide bonds. The molecule has 1 aliphatic heterocycles. The Hall–Kier alpha value is -1.19. The van der Waals surface area contributed by atoms with Crippen molar-refractivity contribution in [3.63, 3.8) is 0 Å². The fourth-order valence-electron chi connectivity index (χ4n) is 2.52. The normalized spacial score (nSPS) is 16.8. The maximum Gasteiger partial charge on any atom is 0.263 e. The summed E-state index contributed by atoms with van der Waals surface area (Å²) in [4.78, 5) is 17.4. The van der Waals surface area contributed by atoms with Crippen molar-refractivity contribution in [2.45, 2.75) is 24.8 Å². The molecule has 1 fully saturated rings. The summed E-state index contributed by atoms with van der Waals surface area (Å²) in [5.74, 6) is -0.250. The van der Waals surface area contributed by atoms with Crippen LogP contribution in [0.25, 0.3) is 0 Å². The van der Waals surface area contributed by atoms with Crippen molar-refractivity contribution in [1.29, 1.82) is 0 Å². The Morgan fingerprint density at radius 3 is 2.39 bits per heavy atom. The van der Waals surface area contributed by atoms with Gasteiger partial charge in [-0.05, 0) is 32.0 Å². The van der Waals surface area contributed by atoms with E-state index >= 15 is 0 Å². The van der Waals surface area contributed by atoms with Gasteiger partial charge in [0.1, 0.15) is 4.90 Å². The van der Waals surface area contributed by atoms with E-state index in [2.05, 4.69) is 18.7 Å². The van der Waals surface area contributed by atoms with Gasteiger partial charge in [0.15, 0.2) is 0 Å². The number of halogens is 1. The van der Waals surface area contributed by atoms with Crippen molar-refractivity contribution in [3.05, 3.63) is 28.8 Å². The predicted molar refractivity (Wildman–Crippen MR) is 86.2 cm³/mol. The van der Waals surface area contributed by atoms with Crippen LogP contribution in [0.4, 0.5) is 0 Å². The van der Waals surface area contributed by atoms with Gasteiger partial charge in [-0.2, -0.15) is 0 Å². The van der Waals surface area contributed by atoms with Crippen molar-refractivity contribution in [2.75, 3.05) is 26.2 Å². The molecule has 0 radical (unpaired) electrons. The van der Waals surface area contributed by atoms with Crippen LogP contribution >= 0.6 is 11.6 Å². The van der Waals surface area contributed by atoms with Gasteiger partial charge >= 0.3 is 0 Å². The lowest BCUT2D eigenvalue weighted by Gasteiger charge is -2.37. The molecule has 9 heteroatoms. The highest BCUT2D eigenvalue weighted by atomic mass is 35.5. The standard InChI is InChI=1S/C14H20ClN3O4S/c1-10(2)17-5-7-18(8-6-17)14(19)11-3-4-12(15)13(9-11)23(21,22)16-20/h3-4,9-10,16,20H,5-8H2,1-2H3. The third-order valence-corrected chi connectivity index (χ3v) is 5.52. The first-order valence-corrected chi connectivity index (χ1v) is 9.11. The number of carbonyl (C=O) groups excluding carboxylic acids is 1. The highest BCUT2D eigenvalue weighted by Crippen LogP contribution is 2.23. The Kier molecular flexibility index (Phi) is 5.64. The van der Waals surface area contributed by atoms with Crippen LogP contribution in [-0.4, -0.2) is 61.6 Å². The summed E-state index contributed by atoms with van der Waals surface area (Å²) in [5, 5.41) is 8.67. The second kappa shape index (κ2) is 7.14. The minimum atomic E-state index is -4.14. The van der Waals surface area contributed by atoms with Crippen LogP contribution in [0.5, 0.6) is 0 Å². The van der Waals surface area contributed by atoms with Crippen molar-refractivity contribution in [3.8, 4) is 0 Å². The Bertz CT molecular complexity index is 685. The Labute approximate surface area is 140 Å². The van der Waals surface area contributed by atoms with Crippen LogP contribution in [0.1, 0.15) is 24.2 Å². The third-order valence-electron chi connectivity index (χ3n) is 3.92. The fourth-order valence-corrected chi connectivity index (χ4v) is 3.64. The zero-order valence-electron chi connectivity index (χ0n) is 13.0. The third kappa shape index (κ3) is 4.02. The lowest BCUT2D eigenvalue weighted by Crippen LogP contribution is -2.50. The SMILES string of the molecule is CC(C)N1CCN(C(=O)c2ccc(Cl)c(S(=O)(=O)NO)c2)CC1. The van der Waals surface area contributed by atoms with Crippen LogP contribution in [0.2, 0.25) is 5.02 Å². The molecule has 2 rings (SSSR count). The minimum Gasteiger partial charge on any atom is -0.336 e. The molecule has 23 heavy (non-hydrogen) atoms. The smallest absolute Gasteiger partial charge is 0.263 e. The molecule has 1 aromatic rings. The van der Waals surface area contributed by atoms with Crippen LogP contribution in [0.15, 0.2) is 23.1 Å². The molecular weight excluding hydrogens is 342 g/mol. The van der Waals surface area contributed by atoms with Gasteiger partial charge in [-0.3, -0.25) is 9.69 Å². The summed E-state index contributed by atoms with van der Waals surface area (Å²) >= 11 is 5.84. The number of nitrogens with zero attached hydrogens (tertiary/aromatic N) is 2. The van der Waals surface area contributed by atoms with Crippen LogP contribution < -0.4 is 4.89 Å². The van der Waals surface area contributed by atoms with Crippen LogP contribution in [0, 0.1) is 0 Å². The van der Waals surface area contributed by atoms with Gasteiger partial charge in [0.2, 0.25) is 0 Å². The van der Waals surface area contributed by atoms with E-state index in [1.54, 1.807) is 4.90 Å². The largest absolute Gasteiger partial charge is 0.336 e. The minimum absolute atomic E-state index is 0.0623. The first kappa shape index (κ1) is 18.2. The maximum atomic E-state index is 12.5. The summed E-state index contributed by atoms with van der Waals surface area (Å²) in [6.07, 6.45) is 0. The van der Waals surface area contributed by atoms with Gasteiger partial charge in [0.05, 0.1) is 5.02 Å². The first-order valence-electron chi connectivity index (χ1n) is 7.25. The topological polar surface area (TPSA) is 90.0 Å². The van der Waals surface area contributed by atoms with Crippen LogP contribution in [-0.2, 0) is 10.0 Å². The van der Waals surface area contributed by atoms with E-state index in [1.807, 2.05) is 0 Å². The molecular formula is C14H20ClN3O4S. The number of sulfonamides is 1. The molecule has 1 aliphatic rings. The van der Waals surface area contributed by atoms with Gasteiger partial charge < -0.3 is 10.1 Å². The second-order valence-corrected chi connectivity index (χ2v) is 7.70. The van der Waals surface area contributed by atoms with E-state index in [1.165, 1.54) is 23.1 Å². The zero-order valence-corrected chi connectivity index (χ0v) is 14.6. The number of carbonyl (C=O) groups is 1. The average Bonchev–Trinajstić information content (AvgIpc) is 2.54. The van der Waals surface area contributed by atoms with E-state index in [4.69, 9.17) is 16.8 Å². The van der Waals surface area contributed by atoms with Crippen molar-refractivity contribution in [2.24, 2.45) is 0 Å². The molecule has 1 heterocycles. The van der Waals surface area contributed by atoms with E-state index in [0.29, 0.717) is 19.1 Å². The number of piperazine rings is 1. The molecule has 0 bridgehead atoms. The predicted octanol–water partition coefficient (Wildman–Crippen LogP) is 1.17. The summed E-state index contributed by atoms with van der Waals surface area (Å²) in [7, 11) is -4.14. The molecule has 0 unspecified atom stereocenters. The summed E-state index contributed by atoms with van der Waals surface area (Å²) in [6.45, 7) is 6.94. The number of benzene rings is 1. The number of amides is 1. The lowest BCUT2D eigenvalue weighted by atomic mass is 10.1. The molecule has 2 N–H and O–H groups in total. The second-order valence-electron chi connectivity index (χ2n) is 5.66. The molecule has 0 aromatic heterocycles. The summed E-state index contributed by atoms with van der Waals surface area (Å²) < 4.78 is 23.4. The summed E-state index contributed by atoms with van der Waals surface area (Å²) in [6, 6.07) is 4.42. The van der Waals surface area contributed by atoms with Crippen molar-refractivity contribution < 1.29 is 18.4 Å². The zero-order chi connectivity index (χ0) is 17.2. The number of nitrogens with one attached hydrogen (secondary N) is 1. The molecule has 0 spiro atoms. The highest BCUT2D eigenvalue weighted by Gasteiger charge is 2.25. The van der Waals surface area contributed by atoms with Crippen molar-refractivity contribution >= 4 is 27.5 Å². The van der Waals surface area contributed by atoms with Crippen LogP contribution in [0.3, 0.4) is 0 Å². The molecule has 0 atom stereocenters. The van der Waals surface area contributed by atoms with E-state index in [-0.39, 0.29) is 21.4 Å². The lowest BCUT2D eigenvalue weighted by molar-refractivity contribution is 0.0595. The van der Waals surface area contributed by atoms with E-state index in [9.17, 15) is 13.2 Å². The number of hydrogen-bond acceptors (Lipinski definition) is 5. The van der Waals surface area contributed by atoms with Gasteiger partial charge in [-0.25, -0.2) is 8.42 Å². The molecule has 1 saturated heterocycles. The van der Waals surface area contributed by atoms with E-state index in [0.717, 1.165) is 13.1 Å². The van der Waals surface area contributed by atoms with Gasteiger partial charge in [0, 0.05) is 37.8 Å².